The normalized spacial score (nSPS) is 11.1. The molecule has 5 heteroatoms. The number of aromatic nitrogens is 4. The molecule has 0 fully saturated rings. The molecule has 1 aromatic carbocycles. The molecule has 3 rings (SSSR count). The Morgan fingerprint density at radius 2 is 2.11 bits per heavy atom. The minimum absolute atomic E-state index is 0.733. The molecule has 0 spiro atoms. The molecular weight excluding hydrogens is 238 g/mol. The van der Waals surface area contributed by atoms with E-state index in [1.54, 1.807) is 4.68 Å². The van der Waals surface area contributed by atoms with Gasteiger partial charge in [-0.1, -0.05) is 12.1 Å². The zero-order valence-corrected chi connectivity index (χ0v) is 11.2. The summed E-state index contributed by atoms with van der Waals surface area (Å²) in [5.41, 5.74) is 3.34. The van der Waals surface area contributed by atoms with Gasteiger partial charge in [-0.3, -0.25) is 4.68 Å². The van der Waals surface area contributed by atoms with Gasteiger partial charge in [0.2, 0.25) is 5.95 Å². The Labute approximate surface area is 111 Å². The fourth-order valence-corrected chi connectivity index (χ4v) is 2.27. The smallest absolute Gasteiger partial charge is 0.204 e. The first kappa shape index (κ1) is 11.8. The molecule has 0 saturated carbocycles. The molecule has 0 saturated heterocycles. The largest absolute Gasteiger partial charge is 0.351 e. The van der Waals surface area contributed by atoms with Gasteiger partial charge in [0.15, 0.2) is 0 Å². The molecule has 0 radical (unpaired) electrons. The summed E-state index contributed by atoms with van der Waals surface area (Å²) in [6.07, 6.45) is 3.87. The summed E-state index contributed by atoms with van der Waals surface area (Å²) >= 11 is 0. The fraction of sp³-hybridized carbons (Fsp3) is 0.286. The number of nitrogens with one attached hydrogen (secondary N) is 1. The number of anilines is 1. The lowest BCUT2D eigenvalue weighted by atomic mass is 10.3. The lowest BCUT2D eigenvalue weighted by Gasteiger charge is -2.07. The molecule has 0 aliphatic heterocycles. The van der Waals surface area contributed by atoms with Crippen molar-refractivity contribution in [3.8, 4) is 0 Å². The summed E-state index contributed by atoms with van der Waals surface area (Å²) in [5, 5.41) is 7.55. The highest BCUT2D eigenvalue weighted by atomic mass is 15.2. The summed E-state index contributed by atoms with van der Waals surface area (Å²) in [6.45, 7) is 3.76. The Hall–Kier alpha value is -2.30. The van der Waals surface area contributed by atoms with Crippen LogP contribution in [-0.2, 0) is 20.1 Å². The monoisotopic (exact) mass is 255 g/mol. The fourth-order valence-electron chi connectivity index (χ4n) is 2.27. The van der Waals surface area contributed by atoms with Crippen LogP contribution in [0.25, 0.3) is 11.0 Å². The van der Waals surface area contributed by atoms with Crippen LogP contribution in [0.5, 0.6) is 0 Å². The van der Waals surface area contributed by atoms with Gasteiger partial charge < -0.3 is 9.88 Å². The first-order valence-corrected chi connectivity index (χ1v) is 6.44. The van der Waals surface area contributed by atoms with Crippen LogP contribution in [-0.4, -0.2) is 19.3 Å². The maximum Gasteiger partial charge on any atom is 0.204 e. The Kier molecular flexibility index (Phi) is 2.95. The van der Waals surface area contributed by atoms with Crippen molar-refractivity contribution in [1.29, 1.82) is 0 Å². The Balaban J connectivity index is 1.87. The highest BCUT2D eigenvalue weighted by Gasteiger charge is 2.08. The predicted molar refractivity (Wildman–Crippen MR) is 75.9 cm³/mol. The quantitative estimate of drug-likeness (QED) is 0.778. The zero-order valence-electron chi connectivity index (χ0n) is 11.2. The van der Waals surface area contributed by atoms with Crippen molar-refractivity contribution in [2.45, 2.75) is 20.0 Å². The van der Waals surface area contributed by atoms with Gasteiger partial charge >= 0.3 is 0 Å². The van der Waals surface area contributed by atoms with Crippen LogP contribution in [0.2, 0.25) is 0 Å². The standard InChI is InChI=1S/C14H17N5/c1-3-19-13-7-5-4-6-12(13)17-14(19)15-8-11-9-16-18(2)10-11/h4-7,9-10H,3,8H2,1-2H3,(H,15,17). The molecule has 0 amide bonds. The molecule has 3 aromatic rings. The number of aryl methyl sites for hydroxylation is 2. The highest BCUT2D eigenvalue weighted by molar-refractivity contribution is 5.78. The number of nitrogens with zero attached hydrogens (tertiary/aromatic N) is 4. The molecule has 0 aliphatic rings. The van der Waals surface area contributed by atoms with E-state index in [9.17, 15) is 0 Å². The Morgan fingerprint density at radius 3 is 2.84 bits per heavy atom. The molecule has 2 aromatic heterocycles. The maximum absolute atomic E-state index is 4.63. The second-order valence-electron chi connectivity index (χ2n) is 4.54. The molecule has 0 aliphatic carbocycles. The topological polar surface area (TPSA) is 47.7 Å². The third-order valence-corrected chi connectivity index (χ3v) is 3.18. The molecule has 2 heterocycles. The van der Waals surface area contributed by atoms with Gasteiger partial charge in [0, 0.05) is 31.9 Å². The molecular formula is C14H17N5. The Morgan fingerprint density at radius 1 is 1.26 bits per heavy atom. The average molecular weight is 255 g/mol. The minimum Gasteiger partial charge on any atom is -0.351 e. The molecule has 0 unspecified atom stereocenters. The molecule has 0 bridgehead atoms. The van der Waals surface area contributed by atoms with Crippen molar-refractivity contribution in [3.05, 3.63) is 42.2 Å². The second kappa shape index (κ2) is 4.76. The number of imidazole rings is 1. The summed E-state index contributed by atoms with van der Waals surface area (Å²) < 4.78 is 3.99. The van der Waals surface area contributed by atoms with E-state index in [0.29, 0.717) is 0 Å². The SMILES string of the molecule is CCn1c(NCc2cnn(C)c2)nc2ccccc21. The van der Waals surface area contributed by atoms with Gasteiger partial charge in [0.05, 0.1) is 17.2 Å². The van der Waals surface area contributed by atoms with E-state index >= 15 is 0 Å². The van der Waals surface area contributed by atoms with Crippen LogP contribution in [0.15, 0.2) is 36.7 Å². The van der Waals surface area contributed by atoms with Gasteiger partial charge in [-0.2, -0.15) is 5.10 Å². The van der Waals surface area contributed by atoms with Crippen molar-refractivity contribution in [2.75, 3.05) is 5.32 Å². The first-order chi connectivity index (χ1) is 9.28. The van der Waals surface area contributed by atoms with E-state index in [1.807, 2.05) is 37.6 Å². The molecule has 98 valence electrons. The van der Waals surface area contributed by atoms with Crippen LogP contribution in [0.1, 0.15) is 12.5 Å². The number of benzene rings is 1. The van der Waals surface area contributed by atoms with E-state index in [4.69, 9.17) is 0 Å². The minimum atomic E-state index is 0.733. The third kappa shape index (κ3) is 2.19. The van der Waals surface area contributed by atoms with E-state index in [0.717, 1.165) is 30.1 Å². The number of fused-ring (bicyclic) bond motifs is 1. The molecule has 1 N–H and O–H groups in total. The van der Waals surface area contributed by atoms with Crippen LogP contribution >= 0.6 is 0 Å². The van der Waals surface area contributed by atoms with Gasteiger partial charge in [-0.25, -0.2) is 4.98 Å². The van der Waals surface area contributed by atoms with Crippen molar-refractivity contribution in [3.63, 3.8) is 0 Å². The van der Waals surface area contributed by atoms with Crippen molar-refractivity contribution in [2.24, 2.45) is 7.05 Å². The lowest BCUT2D eigenvalue weighted by molar-refractivity contribution is 0.766. The lowest BCUT2D eigenvalue weighted by Crippen LogP contribution is -2.06. The third-order valence-electron chi connectivity index (χ3n) is 3.18. The number of hydrogen-bond donors (Lipinski definition) is 1. The van der Waals surface area contributed by atoms with Gasteiger partial charge in [0.25, 0.3) is 0 Å². The second-order valence-corrected chi connectivity index (χ2v) is 4.54. The molecule has 5 nitrogen and oxygen atoms in total. The number of hydrogen-bond acceptors (Lipinski definition) is 3. The van der Waals surface area contributed by atoms with E-state index in [1.165, 1.54) is 5.52 Å². The van der Waals surface area contributed by atoms with Crippen molar-refractivity contribution in [1.82, 2.24) is 19.3 Å². The van der Waals surface area contributed by atoms with Crippen molar-refractivity contribution < 1.29 is 0 Å². The Bertz CT molecular complexity index is 695. The number of para-hydroxylation sites is 2. The van der Waals surface area contributed by atoms with Gasteiger partial charge in [-0.05, 0) is 19.1 Å². The van der Waals surface area contributed by atoms with Gasteiger partial charge in [0.1, 0.15) is 0 Å². The maximum atomic E-state index is 4.63. The van der Waals surface area contributed by atoms with Crippen LogP contribution in [0.3, 0.4) is 0 Å². The average Bonchev–Trinajstić information content (AvgIpc) is 2.99. The van der Waals surface area contributed by atoms with E-state index in [2.05, 4.69) is 33.0 Å². The van der Waals surface area contributed by atoms with Crippen LogP contribution in [0, 0.1) is 0 Å². The summed E-state index contributed by atoms with van der Waals surface area (Å²) in [5.74, 6) is 0.910. The predicted octanol–water partition coefficient (Wildman–Crippen LogP) is 2.40. The van der Waals surface area contributed by atoms with Crippen molar-refractivity contribution >= 4 is 17.0 Å². The molecule has 19 heavy (non-hydrogen) atoms. The van der Waals surface area contributed by atoms with E-state index < -0.39 is 0 Å². The summed E-state index contributed by atoms with van der Waals surface area (Å²) in [6, 6.07) is 8.19. The van der Waals surface area contributed by atoms with E-state index in [-0.39, 0.29) is 0 Å². The highest BCUT2D eigenvalue weighted by Crippen LogP contribution is 2.19. The molecule has 0 atom stereocenters. The van der Waals surface area contributed by atoms with Gasteiger partial charge in [-0.15, -0.1) is 0 Å². The number of rotatable bonds is 4. The first-order valence-electron chi connectivity index (χ1n) is 6.44. The summed E-state index contributed by atoms with van der Waals surface area (Å²) in [7, 11) is 1.92. The zero-order chi connectivity index (χ0) is 13.2. The van der Waals surface area contributed by atoms with Crippen LogP contribution < -0.4 is 5.32 Å². The van der Waals surface area contributed by atoms with Crippen LogP contribution in [0.4, 0.5) is 5.95 Å². The summed E-state index contributed by atoms with van der Waals surface area (Å²) in [4.78, 5) is 4.63.